The van der Waals surface area contributed by atoms with Crippen LogP contribution in [-0.4, -0.2) is 13.0 Å². The van der Waals surface area contributed by atoms with Crippen LogP contribution in [0.3, 0.4) is 0 Å². The number of halogens is 1. The molecule has 0 heterocycles. The zero-order valence-electron chi connectivity index (χ0n) is 8.67. The van der Waals surface area contributed by atoms with Crippen LogP contribution < -0.4 is 0 Å². The van der Waals surface area contributed by atoms with E-state index in [0.29, 0.717) is 5.56 Å². The molecule has 0 atom stereocenters. The van der Waals surface area contributed by atoms with Gasteiger partial charge in [-0.3, -0.25) is 4.55 Å². The summed E-state index contributed by atoms with van der Waals surface area (Å²) in [5.74, 6) is 0. The quantitative estimate of drug-likeness (QED) is 0.851. The summed E-state index contributed by atoms with van der Waals surface area (Å²) in [4.78, 5) is -0.277. The zero-order chi connectivity index (χ0) is 12.5. The van der Waals surface area contributed by atoms with Gasteiger partial charge < -0.3 is 0 Å². The van der Waals surface area contributed by atoms with Crippen LogP contribution in [0, 0.1) is 0 Å². The van der Waals surface area contributed by atoms with E-state index in [0.717, 1.165) is 5.56 Å². The molecule has 2 aromatic carbocycles. The molecule has 0 aliphatic carbocycles. The van der Waals surface area contributed by atoms with Gasteiger partial charge in [-0.25, -0.2) is 0 Å². The largest absolute Gasteiger partial charge is 0.296 e. The van der Waals surface area contributed by atoms with E-state index < -0.39 is 10.1 Å². The molecule has 0 aliphatic heterocycles. The van der Waals surface area contributed by atoms with Crippen molar-refractivity contribution < 1.29 is 13.0 Å². The van der Waals surface area contributed by atoms with E-state index in [1.165, 1.54) is 12.1 Å². The van der Waals surface area contributed by atoms with Gasteiger partial charge in [-0.15, -0.1) is 0 Å². The SMILES string of the molecule is O=S(=O)(O)c1cccc(-c2ccccc2)c1Cl. The van der Waals surface area contributed by atoms with Crippen molar-refractivity contribution in [2.24, 2.45) is 0 Å². The predicted octanol–water partition coefficient (Wildman–Crippen LogP) is 3.25. The predicted molar refractivity (Wildman–Crippen MR) is 66.7 cm³/mol. The molecule has 0 saturated carbocycles. The van der Waals surface area contributed by atoms with Crippen molar-refractivity contribution in [1.29, 1.82) is 0 Å². The first-order valence-electron chi connectivity index (χ1n) is 4.81. The number of hydrogen-bond acceptors (Lipinski definition) is 2. The number of rotatable bonds is 2. The third-order valence-corrected chi connectivity index (χ3v) is 3.74. The molecule has 2 aromatic rings. The van der Waals surface area contributed by atoms with Crippen molar-refractivity contribution in [3.05, 3.63) is 53.6 Å². The monoisotopic (exact) mass is 268 g/mol. The van der Waals surface area contributed by atoms with Gasteiger partial charge in [-0.2, -0.15) is 8.42 Å². The van der Waals surface area contributed by atoms with E-state index >= 15 is 0 Å². The third-order valence-electron chi connectivity index (χ3n) is 2.33. The van der Waals surface area contributed by atoms with Crippen molar-refractivity contribution in [2.45, 2.75) is 4.90 Å². The van der Waals surface area contributed by atoms with Gasteiger partial charge in [-0.05, 0) is 11.6 Å². The maximum absolute atomic E-state index is 11.1. The highest BCUT2D eigenvalue weighted by atomic mass is 35.5. The van der Waals surface area contributed by atoms with Crippen molar-refractivity contribution in [3.63, 3.8) is 0 Å². The lowest BCUT2D eigenvalue weighted by atomic mass is 10.1. The van der Waals surface area contributed by atoms with E-state index in [-0.39, 0.29) is 9.92 Å². The van der Waals surface area contributed by atoms with Crippen LogP contribution in [0.2, 0.25) is 5.02 Å². The Labute approximate surface area is 104 Å². The average Bonchev–Trinajstić information content (AvgIpc) is 2.29. The van der Waals surface area contributed by atoms with Crippen LogP contribution in [0.1, 0.15) is 0 Å². The molecule has 0 bridgehead atoms. The molecule has 0 unspecified atom stereocenters. The summed E-state index contributed by atoms with van der Waals surface area (Å²) < 4.78 is 31.2. The summed E-state index contributed by atoms with van der Waals surface area (Å²) in [5.41, 5.74) is 1.37. The highest BCUT2D eigenvalue weighted by Crippen LogP contribution is 2.32. The van der Waals surface area contributed by atoms with Crippen molar-refractivity contribution >= 4 is 21.7 Å². The lowest BCUT2D eigenvalue weighted by Crippen LogP contribution is -1.99. The van der Waals surface area contributed by atoms with E-state index in [4.69, 9.17) is 16.2 Å². The van der Waals surface area contributed by atoms with Gasteiger partial charge in [0, 0.05) is 5.56 Å². The molecule has 0 amide bonds. The molecule has 0 fully saturated rings. The minimum absolute atomic E-state index is 0.0289. The zero-order valence-corrected chi connectivity index (χ0v) is 10.2. The second kappa shape index (κ2) is 4.49. The lowest BCUT2D eigenvalue weighted by Gasteiger charge is -2.07. The second-order valence-electron chi connectivity index (χ2n) is 3.46. The standard InChI is InChI=1S/C12H9ClO3S/c13-12-10(9-5-2-1-3-6-9)7-4-8-11(12)17(14,15)16/h1-8H,(H,14,15,16). The Hall–Kier alpha value is -1.36. The lowest BCUT2D eigenvalue weighted by molar-refractivity contribution is 0.483. The molecule has 88 valence electrons. The number of benzene rings is 2. The van der Waals surface area contributed by atoms with Crippen LogP contribution in [0.4, 0.5) is 0 Å². The van der Waals surface area contributed by atoms with Gasteiger partial charge in [0.1, 0.15) is 4.90 Å². The first-order valence-corrected chi connectivity index (χ1v) is 6.63. The van der Waals surface area contributed by atoms with E-state index in [9.17, 15) is 8.42 Å². The molecule has 0 aromatic heterocycles. The molecular weight excluding hydrogens is 260 g/mol. The fourth-order valence-corrected chi connectivity index (χ4v) is 2.67. The molecule has 0 saturated heterocycles. The molecule has 1 N–H and O–H groups in total. The molecule has 17 heavy (non-hydrogen) atoms. The summed E-state index contributed by atoms with van der Waals surface area (Å²) in [6.07, 6.45) is 0. The van der Waals surface area contributed by atoms with E-state index in [1.54, 1.807) is 6.07 Å². The highest BCUT2D eigenvalue weighted by molar-refractivity contribution is 7.86. The van der Waals surface area contributed by atoms with E-state index in [2.05, 4.69) is 0 Å². The Morgan fingerprint density at radius 3 is 2.18 bits per heavy atom. The second-order valence-corrected chi connectivity index (χ2v) is 5.23. The molecule has 0 aliphatic rings. The van der Waals surface area contributed by atoms with Gasteiger partial charge in [0.05, 0.1) is 5.02 Å². The average molecular weight is 269 g/mol. The fraction of sp³-hybridized carbons (Fsp3) is 0. The molecule has 5 heteroatoms. The summed E-state index contributed by atoms with van der Waals surface area (Å²) >= 11 is 5.99. The Balaban J connectivity index is 2.67. The van der Waals surface area contributed by atoms with Gasteiger partial charge in [-0.1, -0.05) is 54.1 Å². The van der Waals surface area contributed by atoms with Crippen LogP contribution in [0.15, 0.2) is 53.4 Å². The molecule has 2 rings (SSSR count). The van der Waals surface area contributed by atoms with Crippen molar-refractivity contribution in [2.75, 3.05) is 0 Å². The van der Waals surface area contributed by atoms with Crippen molar-refractivity contribution in [1.82, 2.24) is 0 Å². The van der Waals surface area contributed by atoms with Crippen LogP contribution in [0.25, 0.3) is 11.1 Å². The molecule has 0 spiro atoms. The summed E-state index contributed by atoms with van der Waals surface area (Å²) in [6, 6.07) is 13.6. The maximum atomic E-state index is 11.1. The van der Waals surface area contributed by atoms with Crippen molar-refractivity contribution in [3.8, 4) is 11.1 Å². The Morgan fingerprint density at radius 2 is 1.59 bits per heavy atom. The summed E-state index contributed by atoms with van der Waals surface area (Å²) in [7, 11) is -4.30. The van der Waals surface area contributed by atoms with Gasteiger partial charge in [0.2, 0.25) is 0 Å². The highest BCUT2D eigenvalue weighted by Gasteiger charge is 2.17. The first kappa shape index (κ1) is 12.1. The number of hydrogen-bond donors (Lipinski definition) is 1. The topological polar surface area (TPSA) is 54.4 Å². The maximum Gasteiger partial charge on any atom is 0.296 e. The van der Waals surface area contributed by atoms with Crippen LogP contribution in [0.5, 0.6) is 0 Å². The molecule has 0 radical (unpaired) electrons. The van der Waals surface area contributed by atoms with Crippen LogP contribution >= 0.6 is 11.6 Å². The smallest absolute Gasteiger partial charge is 0.282 e. The fourth-order valence-electron chi connectivity index (χ4n) is 1.55. The molecule has 3 nitrogen and oxygen atoms in total. The van der Waals surface area contributed by atoms with E-state index in [1.807, 2.05) is 30.3 Å². The Bertz CT molecular complexity index is 636. The minimum Gasteiger partial charge on any atom is -0.282 e. The summed E-state index contributed by atoms with van der Waals surface area (Å²) in [5, 5.41) is 0.0289. The van der Waals surface area contributed by atoms with Gasteiger partial charge >= 0.3 is 0 Å². The van der Waals surface area contributed by atoms with Gasteiger partial charge in [0.25, 0.3) is 10.1 Å². The third kappa shape index (κ3) is 2.49. The molecular formula is C12H9ClO3S. The Morgan fingerprint density at radius 1 is 0.941 bits per heavy atom. The van der Waals surface area contributed by atoms with Gasteiger partial charge in [0.15, 0.2) is 0 Å². The first-order chi connectivity index (χ1) is 8.00. The van der Waals surface area contributed by atoms with Crippen LogP contribution in [-0.2, 0) is 10.1 Å². The summed E-state index contributed by atoms with van der Waals surface area (Å²) in [6.45, 7) is 0. The Kier molecular flexibility index (Phi) is 3.19. The normalized spacial score (nSPS) is 11.4. The minimum atomic E-state index is -4.30.